The van der Waals surface area contributed by atoms with E-state index in [0.717, 1.165) is 41.6 Å². The maximum absolute atomic E-state index is 13.1. The van der Waals surface area contributed by atoms with Crippen LogP contribution >= 0.6 is 11.3 Å². The molecule has 0 radical (unpaired) electrons. The number of aryl methyl sites for hydroxylation is 1. The lowest BCUT2D eigenvalue weighted by Crippen LogP contribution is -2.46. The van der Waals surface area contributed by atoms with Crippen molar-refractivity contribution in [1.82, 2.24) is 24.6 Å². The molecule has 0 spiro atoms. The molecule has 1 aliphatic heterocycles. The zero-order valence-corrected chi connectivity index (χ0v) is 16.1. The first-order chi connectivity index (χ1) is 12.6. The first kappa shape index (κ1) is 17.2. The summed E-state index contributed by atoms with van der Waals surface area (Å²) in [6, 6.07) is 6.31. The van der Waals surface area contributed by atoms with Crippen molar-refractivity contribution in [2.24, 2.45) is 0 Å². The Morgan fingerprint density at radius 3 is 2.96 bits per heavy atom. The van der Waals surface area contributed by atoms with Gasteiger partial charge in [-0.1, -0.05) is 6.07 Å². The van der Waals surface area contributed by atoms with E-state index in [2.05, 4.69) is 29.1 Å². The van der Waals surface area contributed by atoms with Crippen LogP contribution in [-0.4, -0.2) is 50.3 Å². The van der Waals surface area contributed by atoms with Crippen LogP contribution in [0.15, 0.2) is 29.8 Å². The van der Waals surface area contributed by atoms with E-state index in [1.165, 1.54) is 11.3 Å². The van der Waals surface area contributed by atoms with Crippen LogP contribution in [0.5, 0.6) is 0 Å². The van der Waals surface area contributed by atoms with Gasteiger partial charge in [-0.2, -0.15) is 0 Å². The van der Waals surface area contributed by atoms with E-state index in [4.69, 9.17) is 0 Å². The second kappa shape index (κ2) is 6.81. The fourth-order valence-corrected chi connectivity index (χ4v) is 4.57. The van der Waals surface area contributed by atoms with Crippen LogP contribution in [0.4, 0.5) is 0 Å². The van der Waals surface area contributed by atoms with Gasteiger partial charge in [0.05, 0.1) is 5.69 Å². The zero-order chi connectivity index (χ0) is 18.3. The van der Waals surface area contributed by atoms with Crippen molar-refractivity contribution in [3.05, 3.63) is 41.2 Å². The average molecular weight is 369 g/mol. The molecule has 0 aliphatic carbocycles. The monoisotopic (exact) mass is 369 g/mol. The van der Waals surface area contributed by atoms with Crippen LogP contribution in [0.1, 0.15) is 36.5 Å². The zero-order valence-electron chi connectivity index (χ0n) is 15.3. The van der Waals surface area contributed by atoms with Crippen LogP contribution in [-0.2, 0) is 0 Å². The summed E-state index contributed by atoms with van der Waals surface area (Å²) in [6.45, 7) is 7.93. The van der Waals surface area contributed by atoms with Crippen LogP contribution in [0.25, 0.3) is 16.3 Å². The molecule has 0 bridgehead atoms. The van der Waals surface area contributed by atoms with Crippen LogP contribution in [0, 0.1) is 6.92 Å². The Labute approximate surface area is 156 Å². The molecule has 4 heterocycles. The SMILES string of the molecule is Cc1nc2ccccn2c1-c1nc(C(=O)N(C(C)C)[C@@H]2CCNC2)cs1. The molecule has 0 aromatic carbocycles. The number of aromatic nitrogens is 3. The highest BCUT2D eigenvalue weighted by Crippen LogP contribution is 2.29. The Balaban J connectivity index is 1.69. The summed E-state index contributed by atoms with van der Waals surface area (Å²) in [7, 11) is 0. The summed E-state index contributed by atoms with van der Waals surface area (Å²) in [4.78, 5) is 24.4. The van der Waals surface area contributed by atoms with Gasteiger partial charge in [-0.15, -0.1) is 11.3 Å². The van der Waals surface area contributed by atoms with Crippen LogP contribution in [0.2, 0.25) is 0 Å². The standard InChI is InChI=1S/C19H23N5OS/c1-12(2)24(14-7-8-20-10-14)19(25)15-11-26-18(22-15)17-13(3)21-16-6-4-5-9-23(16)17/h4-6,9,11-12,14,20H,7-8,10H2,1-3H3/t14-/m1/s1. The van der Waals surface area contributed by atoms with E-state index in [9.17, 15) is 4.79 Å². The summed E-state index contributed by atoms with van der Waals surface area (Å²) in [5.74, 6) is 0.0164. The molecule has 0 saturated carbocycles. The van der Waals surface area contributed by atoms with Crippen molar-refractivity contribution in [3.63, 3.8) is 0 Å². The topological polar surface area (TPSA) is 62.5 Å². The lowest BCUT2D eigenvalue weighted by atomic mass is 10.1. The molecule has 3 aromatic rings. The van der Waals surface area contributed by atoms with E-state index >= 15 is 0 Å². The minimum Gasteiger partial charge on any atom is -0.331 e. The summed E-state index contributed by atoms with van der Waals surface area (Å²) >= 11 is 1.50. The average Bonchev–Trinajstić information content (AvgIpc) is 3.32. The third kappa shape index (κ3) is 2.91. The molecule has 1 N–H and O–H groups in total. The van der Waals surface area contributed by atoms with Crippen molar-refractivity contribution in [3.8, 4) is 10.7 Å². The first-order valence-corrected chi connectivity index (χ1v) is 9.87. The minimum absolute atomic E-state index is 0.0164. The van der Waals surface area contributed by atoms with Crippen LogP contribution < -0.4 is 5.32 Å². The molecule has 1 saturated heterocycles. The summed E-state index contributed by atoms with van der Waals surface area (Å²) < 4.78 is 2.03. The molecule has 1 aliphatic rings. The van der Waals surface area contributed by atoms with Crippen molar-refractivity contribution in [2.75, 3.05) is 13.1 Å². The number of hydrogen-bond donors (Lipinski definition) is 1. The Morgan fingerprint density at radius 2 is 2.23 bits per heavy atom. The number of thiazole rings is 1. The molecular weight excluding hydrogens is 346 g/mol. The molecule has 1 atom stereocenters. The molecule has 26 heavy (non-hydrogen) atoms. The Kier molecular flexibility index (Phi) is 4.50. The fourth-order valence-electron chi connectivity index (χ4n) is 3.68. The van der Waals surface area contributed by atoms with Crippen LogP contribution in [0.3, 0.4) is 0 Å². The van der Waals surface area contributed by atoms with Gasteiger partial charge in [0, 0.05) is 30.2 Å². The number of rotatable bonds is 4. The number of carbonyl (C=O) groups is 1. The molecule has 136 valence electrons. The predicted octanol–water partition coefficient (Wildman–Crippen LogP) is 2.98. The predicted molar refractivity (Wildman–Crippen MR) is 104 cm³/mol. The maximum atomic E-state index is 13.1. The van der Waals surface area contributed by atoms with Crippen molar-refractivity contribution >= 4 is 22.9 Å². The molecule has 3 aromatic heterocycles. The maximum Gasteiger partial charge on any atom is 0.273 e. The number of hydrogen-bond acceptors (Lipinski definition) is 5. The normalized spacial score (nSPS) is 17.3. The first-order valence-electron chi connectivity index (χ1n) is 8.99. The third-order valence-corrected chi connectivity index (χ3v) is 5.70. The minimum atomic E-state index is 0.0164. The quantitative estimate of drug-likeness (QED) is 0.768. The number of imidazole rings is 1. The third-order valence-electron chi connectivity index (χ3n) is 4.85. The van der Waals surface area contributed by atoms with Crippen molar-refractivity contribution < 1.29 is 4.79 Å². The Hall–Kier alpha value is -2.25. The van der Waals surface area contributed by atoms with E-state index < -0.39 is 0 Å². The van der Waals surface area contributed by atoms with Gasteiger partial charge in [0.15, 0.2) is 0 Å². The number of nitrogens with zero attached hydrogens (tertiary/aromatic N) is 4. The molecule has 1 fully saturated rings. The second-order valence-corrected chi connectivity index (χ2v) is 7.82. The van der Waals surface area contributed by atoms with Gasteiger partial charge in [-0.25, -0.2) is 9.97 Å². The molecule has 0 unspecified atom stereocenters. The Morgan fingerprint density at radius 1 is 1.38 bits per heavy atom. The molecule has 6 nitrogen and oxygen atoms in total. The summed E-state index contributed by atoms with van der Waals surface area (Å²) in [6.07, 6.45) is 2.98. The van der Waals surface area contributed by atoms with Gasteiger partial charge >= 0.3 is 0 Å². The smallest absolute Gasteiger partial charge is 0.273 e. The number of amides is 1. The van der Waals surface area contributed by atoms with Crippen molar-refractivity contribution in [2.45, 2.75) is 39.3 Å². The number of nitrogens with one attached hydrogen (secondary N) is 1. The second-order valence-electron chi connectivity index (χ2n) is 6.97. The highest BCUT2D eigenvalue weighted by Gasteiger charge is 2.31. The van der Waals surface area contributed by atoms with Crippen molar-refractivity contribution in [1.29, 1.82) is 0 Å². The van der Waals surface area contributed by atoms with E-state index in [-0.39, 0.29) is 18.0 Å². The Bertz CT molecular complexity index is 938. The molecular formula is C19H23N5OS. The highest BCUT2D eigenvalue weighted by molar-refractivity contribution is 7.13. The van der Waals surface area contributed by atoms with E-state index in [0.29, 0.717) is 5.69 Å². The number of carbonyl (C=O) groups excluding carboxylic acids is 1. The van der Waals surface area contributed by atoms with Gasteiger partial charge in [-0.3, -0.25) is 9.20 Å². The van der Waals surface area contributed by atoms with Gasteiger partial charge < -0.3 is 10.2 Å². The molecule has 1 amide bonds. The van der Waals surface area contributed by atoms with Gasteiger partial charge in [-0.05, 0) is 45.9 Å². The largest absolute Gasteiger partial charge is 0.331 e. The molecule has 4 rings (SSSR count). The van der Waals surface area contributed by atoms with E-state index in [1.807, 2.05) is 46.0 Å². The number of fused-ring (bicyclic) bond motifs is 1. The van der Waals surface area contributed by atoms with Gasteiger partial charge in [0.25, 0.3) is 5.91 Å². The fraction of sp³-hybridized carbons (Fsp3) is 0.421. The lowest BCUT2D eigenvalue weighted by molar-refractivity contribution is 0.0621. The van der Waals surface area contributed by atoms with Gasteiger partial charge in [0.2, 0.25) is 0 Å². The summed E-state index contributed by atoms with van der Waals surface area (Å²) in [5.41, 5.74) is 3.30. The molecule has 7 heteroatoms. The van der Waals surface area contributed by atoms with E-state index in [1.54, 1.807) is 0 Å². The lowest BCUT2D eigenvalue weighted by Gasteiger charge is -2.31. The number of pyridine rings is 1. The highest BCUT2D eigenvalue weighted by atomic mass is 32.1. The van der Waals surface area contributed by atoms with Gasteiger partial charge in [0.1, 0.15) is 22.0 Å². The summed E-state index contributed by atoms with van der Waals surface area (Å²) in [5, 5.41) is 6.05.